The molecule has 0 spiro atoms. The molecule has 2 heterocycles. The van der Waals surface area contributed by atoms with Gasteiger partial charge in [-0.05, 0) is 23.6 Å². The topological polar surface area (TPSA) is 71.5 Å². The number of benzene rings is 1. The second kappa shape index (κ2) is 9.19. The van der Waals surface area contributed by atoms with Crippen LogP contribution in [0, 0.1) is 5.92 Å². The van der Waals surface area contributed by atoms with Gasteiger partial charge in [-0.3, -0.25) is 9.59 Å². The van der Waals surface area contributed by atoms with E-state index < -0.39 is 0 Å². The normalized spacial score (nSPS) is 13.8. The summed E-state index contributed by atoms with van der Waals surface area (Å²) in [6.45, 7) is 5.95. The Hall–Kier alpha value is -2.41. The minimum atomic E-state index is -0.151. The molecule has 1 aromatic heterocycles. The van der Waals surface area contributed by atoms with Gasteiger partial charge in [0.1, 0.15) is 5.75 Å². The summed E-state index contributed by atoms with van der Waals surface area (Å²) in [7, 11) is 1.63. The zero-order valence-electron chi connectivity index (χ0n) is 16.7. The predicted octanol–water partition coefficient (Wildman–Crippen LogP) is 3.06. The molecule has 0 saturated carbocycles. The number of ether oxygens (including phenoxy) is 1. The lowest BCUT2D eigenvalue weighted by Crippen LogP contribution is -2.34. The van der Waals surface area contributed by atoms with Gasteiger partial charge < -0.3 is 15.0 Å². The Kier molecular flexibility index (Phi) is 6.67. The second-order valence-corrected chi connectivity index (χ2v) is 8.48. The summed E-state index contributed by atoms with van der Waals surface area (Å²) < 4.78 is 5.14. The first-order valence-corrected chi connectivity index (χ1v) is 10.5. The molecular weight excluding hydrogens is 374 g/mol. The quantitative estimate of drug-likeness (QED) is 0.808. The van der Waals surface area contributed by atoms with Gasteiger partial charge in [0.2, 0.25) is 5.91 Å². The van der Waals surface area contributed by atoms with Crippen molar-refractivity contribution in [2.75, 3.05) is 20.2 Å². The molecule has 1 N–H and O–H groups in total. The van der Waals surface area contributed by atoms with E-state index in [1.54, 1.807) is 7.11 Å². The molecule has 0 saturated heterocycles. The fourth-order valence-corrected chi connectivity index (χ4v) is 4.20. The minimum absolute atomic E-state index is 0.151. The number of methoxy groups -OCH3 is 1. The number of fused-ring (bicyclic) bond motifs is 1. The molecule has 1 aromatic carbocycles. The number of hydrogen-bond donors (Lipinski definition) is 1. The third-order valence-corrected chi connectivity index (χ3v) is 5.90. The zero-order chi connectivity index (χ0) is 20.1. The average Bonchev–Trinajstić information content (AvgIpc) is 2.99. The fourth-order valence-electron chi connectivity index (χ4n) is 3.19. The van der Waals surface area contributed by atoms with Gasteiger partial charge in [-0.1, -0.05) is 26.0 Å². The van der Waals surface area contributed by atoms with E-state index in [1.807, 2.05) is 29.2 Å². The van der Waals surface area contributed by atoms with Gasteiger partial charge in [-0.25, -0.2) is 4.98 Å². The molecule has 0 aliphatic carbocycles. The summed E-state index contributed by atoms with van der Waals surface area (Å²) in [5.74, 6) is 1.22. The Morgan fingerprint density at radius 2 is 1.93 bits per heavy atom. The van der Waals surface area contributed by atoms with Crippen LogP contribution in [0.25, 0.3) is 0 Å². The first-order chi connectivity index (χ1) is 13.5. The van der Waals surface area contributed by atoms with Gasteiger partial charge in [0, 0.05) is 43.8 Å². The van der Waals surface area contributed by atoms with Crippen LogP contribution in [0.5, 0.6) is 5.75 Å². The molecule has 2 aromatic rings. The van der Waals surface area contributed by atoms with Crippen molar-refractivity contribution < 1.29 is 14.3 Å². The lowest BCUT2D eigenvalue weighted by molar-refractivity contribution is -0.131. The second-order valence-electron chi connectivity index (χ2n) is 7.40. The van der Waals surface area contributed by atoms with Crippen molar-refractivity contribution in [1.29, 1.82) is 0 Å². The van der Waals surface area contributed by atoms with Crippen LogP contribution in [0.2, 0.25) is 0 Å². The Morgan fingerprint density at radius 1 is 1.21 bits per heavy atom. The summed E-state index contributed by atoms with van der Waals surface area (Å²) in [5, 5.41) is 3.43. The van der Waals surface area contributed by atoms with Crippen molar-refractivity contribution in [3.8, 4) is 5.75 Å². The largest absolute Gasteiger partial charge is 0.497 e. The molecule has 0 unspecified atom stereocenters. The summed E-state index contributed by atoms with van der Waals surface area (Å²) in [4.78, 5) is 32.4. The van der Waals surface area contributed by atoms with E-state index in [2.05, 4.69) is 24.1 Å². The molecule has 0 atom stereocenters. The van der Waals surface area contributed by atoms with Crippen molar-refractivity contribution in [3.63, 3.8) is 0 Å². The lowest BCUT2D eigenvalue weighted by atomic mass is 10.1. The number of nitrogens with zero attached hydrogens (tertiary/aromatic N) is 2. The summed E-state index contributed by atoms with van der Waals surface area (Å²) in [5.41, 5.74) is 1.96. The molecule has 3 rings (SSSR count). The Morgan fingerprint density at radius 3 is 2.61 bits per heavy atom. The van der Waals surface area contributed by atoms with Gasteiger partial charge in [-0.15, -0.1) is 11.3 Å². The highest BCUT2D eigenvalue weighted by atomic mass is 32.1. The van der Waals surface area contributed by atoms with E-state index >= 15 is 0 Å². The van der Waals surface area contributed by atoms with Gasteiger partial charge in [-0.2, -0.15) is 0 Å². The van der Waals surface area contributed by atoms with Crippen molar-refractivity contribution in [3.05, 3.63) is 45.4 Å². The smallest absolute Gasteiger partial charge is 0.280 e. The lowest BCUT2D eigenvalue weighted by Gasteiger charge is -2.21. The number of aromatic nitrogens is 1. The van der Waals surface area contributed by atoms with Crippen LogP contribution in [-0.4, -0.2) is 41.9 Å². The first-order valence-electron chi connectivity index (χ1n) is 9.63. The van der Waals surface area contributed by atoms with Crippen LogP contribution in [0.1, 0.15) is 46.2 Å². The van der Waals surface area contributed by atoms with E-state index in [9.17, 15) is 9.59 Å². The minimum Gasteiger partial charge on any atom is -0.497 e. The summed E-state index contributed by atoms with van der Waals surface area (Å²) >= 11 is 1.44. The maximum Gasteiger partial charge on any atom is 0.280 e. The van der Waals surface area contributed by atoms with Crippen LogP contribution < -0.4 is 10.1 Å². The highest BCUT2D eigenvalue weighted by molar-refractivity contribution is 7.13. The van der Waals surface area contributed by atoms with Gasteiger partial charge in [0.25, 0.3) is 5.91 Å². The molecule has 28 heavy (non-hydrogen) atoms. The maximum atomic E-state index is 12.5. The van der Waals surface area contributed by atoms with E-state index in [1.165, 1.54) is 11.3 Å². The summed E-state index contributed by atoms with van der Waals surface area (Å²) in [6, 6.07) is 7.61. The molecule has 1 aliphatic heterocycles. The molecule has 150 valence electrons. The van der Waals surface area contributed by atoms with E-state index in [4.69, 9.17) is 4.74 Å². The van der Waals surface area contributed by atoms with Crippen LogP contribution in [0.15, 0.2) is 24.3 Å². The van der Waals surface area contributed by atoms with E-state index in [0.717, 1.165) is 28.3 Å². The predicted molar refractivity (Wildman–Crippen MR) is 110 cm³/mol. The standard InChI is InChI=1S/C21H27N3O3S/c1-14(2)12-19(25)24-10-8-17-18(9-11-24)28-21(23-17)20(26)22-13-15-4-6-16(27-3)7-5-15/h4-7,14H,8-13H2,1-3H3,(H,22,26). The van der Waals surface area contributed by atoms with Crippen molar-refractivity contribution in [2.24, 2.45) is 5.92 Å². The third kappa shape index (κ3) is 5.10. The van der Waals surface area contributed by atoms with Gasteiger partial charge >= 0.3 is 0 Å². The molecule has 7 heteroatoms. The highest BCUT2D eigenvalue weighted by Crippen LogP contribution is 2.23. The Balaban J connectivity index is 1.56. The number of hydrogen-bond acceptors (Lipinski definition) is 5. The molecular formula is C21H27N3O3S. The number of rotatable bonds is 6. The van der Waals surface area contributed by atoms with E-state index in [-0.39, 0.29) is 11.8 Å². The maximum absolute atomic E-state index is 12.5. The summed E-state index contributed by atoms with van der Waals surface area (Å²) in [6.07, 6.45) is 2.06. The van der Waals surface area contributed by atoms with Gasteiger partial charge in [0.15, 0.2) is 5.01 Å². The van der Waals surface area contributed by atoms with E-state index in [0.29, 0.717) is 43.4 Å². The third-order valence-electron chi connectivity index (χ3n) is 4.75. The SMILES string of the molecule is COc1ccc(CNC(=O)c2nc3c(s2)CCN(C(=O)CC(C)C)CC3)cc1. The zero-order valence-corrected chi connectivity index (χ0v) is 17.5. The number of nitrogens with one attached hydrogen (secondary N) is 1. The Bertz CT molecular complexity index is 804. The van der Waals surface area contributed by atoms with Crippen molar-refractivity contribution in [1.82, 2.24) is 15.2 Å². The number of carbonyl (C=O) groups excluding carboxylic acids is 2. The monoisotopic (exact) mass is 401 g/mol. The van der Waals surface area contributed by atoms with Crippen LogP contribution >= 0.6 is 11.3 Å². The van der Waals surface area contributed by atoms with Gasteiger partial charge in [0.05, 0.1) is 12.8 Å². The molecule has 0 bridgehead atoms. The van der Waals surface area contributed by atoms with Crippen molar-refractivity contribution >= 4 is 23.2 Å². The van der Waals surface area contributed by atoms with Crippen LogP contribution in [0.3, 0.4) is 0 Å². The van der Waals surface area contributed by atoms with Crippen molar-refractivity contribution in [2.45, 2.75) is 39.7 Å². The average molecular weight is 402 g/mol. The molecule has 6 nitrogen and oxygen atoms in total. The molecule has 2 amide bonds. The van der Waals surface area contributed by atoms with Crippen LogP contribution in [-0.2, 0) is 24.2 Å². The fraction of sp³-hybridized carbons (Fsp3) is 0.476. The molecule has 1 aliphatic rings. The highest BCUT2D eigenvalue weighted by Gasteiger charge is 2.23. The number of carbonyl (C=O) groups is 2. The first kappa shape index (κ1) is 20.3. The number of thiazole rings is 1. The molecule has 0 fully saturated rings. The number of amides is 2. The van der Waals surface area contributed by atoms with Crippen LogP contribution in [0.4, 0.5) is 0 Å². The molecule has 0 radical (unpaired) electrons. The Labute approximate surface area is 169 Å².